The Hall–Kier alpha value is -7.30. The molecule has 4 aliphatic heterocycles. The molecular formula is C63H69N3O9. The Morgan fingerprint density at radius 1 is 0.960 bits per heavy atom. The standard InChI is InChI=1S/C63H69N3O9/c1-5-73-26-24-40-11-8-14-43(28-40)49-22-19-44-31-42(13-7-6-10-39-12-9-15-46(29-39)66-63(64)65-3)45(33-56(44)68)32-48-34-47(67)20-17-41-18-23-58(72-4)59(30-41)75-37-55-50-21-16-38(2)52-36-57(69)61(51(49)25-27-74-48)54(60(50)52)35-53(55)62(70)71/h8-9,11-12,14-16,18-19,21-23,28-31,33,35-36,38,42,45,48-49,51,62,68-71H,5-7,10,13,17,20,24,26,32,34,37H2,1-4H3,(H3,64,65,66)/b22-19+/t38-,42-,45+,48+,49+,51-/m1/s1. The number of hydrogen-bond acceptors (Lipinski definition) is 10. The lowest BCUT2D eigenvalue weighted by atomic mass is 9.74. The van der Waals surface area contributed by atoms with Gasteiger partial charge in [-0.25, -0.2) is 0 Å². The molecular weight excluding hydrogens is 943 g/mol. The number of methoxy groups -OCH3 is 1. The summed E-state index contributed by atoms with van der Waals surface area (Å²) in [5, 5.41) is 51.7. The molecule has 0 radical (unpaired) electrons. The normalized spacial score (nSPS) is 21.9. The minimum absolute atomic E-state index is 0.000463. The van der Waals surface area contributed by atoms with Crippen molar-refractivity contribution in [3.63, 3.8) is 0 Å². The number of ketones is 1. The van der Waals surface area contributed by atoms with E-state index in [0.717, 1.165) is 64.6 Å². The van der Waals surface area contributed by atoms with Crippen molar-refractivity contribution >= 4 is 34.3 Å². The Bertz CT molecular complexity index is 3140. The topological polar surface area (TPSA) is 185 Å². The fraction of sp³-hybridized carbons (Fsp3) is 0.365. The van der Waals surface area contributed by atoms with Gasteiger partial charge in [0.15, 0.2) is 23.7 Å². The van der Waals surface area contributed by atoms with Crippen LogP contribution in [0.25, 0.3) is 16.8 Å². The number of guanidine groups is 1. The minimum atomic E-state index is -1.91. The van der Waals surface area contributed by atoms with E-state index in [1.165, 1.54) is 5.56 Å². The second-order valence-corrected chi connectivity index (χ2v) is 20.2. The first-order chi connectivity index (χ1) is 36.4. The van der Waals surface area contributed by atoms with Crippen molar-refractivity contribution in [1.29, 1.82) is 0 Å². The van der Waals surface area contributed by atoms with Crippen LogP contribution in [0, 0.1) is 23.9 Å². The molecule has 390 valence electrons. The number of fused-ring (bicyclic) bond motifs is 7. The zero-order valence-corrected chi connectivity index (χ0v) is 43.4. The monoisotopic (exact) mass is 1010 g/mol. The first kappa shape index (κ1) is 52.6. The van der Waals surface area contributed by atoms with E-state index < -0.39 is 24.2 Å². The summed E-state index contributed by atoms with van der Waals surface area (Å²) in [6, 6.07) is 25.6. The molecule has 0 saturated carbocycles. The Morgan fingerprint density at radius 2 is 1.79 bits per heavy atom. The quantitative estimate of drug-likeness (QED) is 0.0217. The van der Waals surface area contributed by atoms with Gasteiger partial charge in [-0.15, -0.1) is 0 Å². The number of anilines is 1. The number of aromatic hydroxyl groups is 1. The summed E-state index contributed by atoms with van der Waals surface area (Å²) in [5.74, 6) is 3.32. The first-order valence-electron chi connectivity index (χ1n) is 26.3. The lowest BCUT2D eigenvalue weighted by Crippen LogP contribution is -2.25. The average molecular weight is 1010 g/mol. The van der Waals surface area contributed by atoms with Crippen LogP contribution >= 0.6 is 0 Å². The van der Waals surface area contributed by atoms with Crippen molar-refractivity contribution in [3.05, 3.63) is 171 Å². The van der Waals surface area contributed by atoms with Gasteiger partial charge in [-0.1, -0.05) is 92.1 Å². The van der Waals surface area contributed by atoms with Gasteiger partial charge in [0.05, 0.1) is 19.6 Å². The number of Topliss-reactive ketones (excluding diaryl/α,β-unsaturated/α-hetero) is 1. The molecule has 75 heavy (non-hydrogen) atoms. The molecule has 0 aromatic heterocycles. The smallest absolute Gasteiger partial charge is 0.192 e. The van der Waals surface area contributed by atoms with Crippen LogP contribution in [0.4, 0.5) is 5.69 Å². The van der Waals surface area contributed by atoms with Gasteiger partial charge in [-0.3, -0.25) is 9.79 Å². The van der Waals surface area contributed by atoms with Crippen molar-refractivity contribution < 1.29 is 44.2 Å². The summed E-state index contributed by atoms with van der Waals surface area (Å²) < 4.78 is 24.8. The van der Waals surface area contributed by atoms with Crippen LogP contribution in [0.1, 0.15) is 126 Å². The van der Waals surface area contributed by atoms with Crippen LogP contribution in [-0.2, 0) is 40.1 Å². The molecule has 0 saturated heterocycles. The number of hydrogen-bond donors (Lipinski definition) is 6. The second-order valence-electron chi connectivity index (χ2n) is 20.2. The summed E-state index contributed by atoms with van der Waals surface area (Å²) in [5.41, 5.74) is 14.4. The van der Waals surface area contributed by atoms with E-state index >= 15 is 0 Å². The number of aliphatic hydroxyl groups is 3. The molecule has 2 aliphatic carbocycles. The molecule has 7 N–H and O–H groups in total. The van der Waals surface area contributed by atoms with Crippen molar-refractivity contribution in [3.8, 4) is 29.3 Å². The number of phenolic OH excluding ortho intramolecular Hbond substituents is 1. The van der Waals surface area contributed by atoms with Gasteiger partial charge in [0, 0.05) is 66.3 Å². The minimum Gasteiger partial charge on any atom is -0.508 e. The number of carbonyl (C=O) groups is 1. The van der Waals surface area contributed by atoms with Crippen LogP contribution in [-0.4, -0.2) is 65.6 Å². The highest BCUT2D eigenvalue weighted by atomic mass is 16.5. The number of nitrogens with one attached hydrogen (secondary N) is 1. The van der Waals surface area contributed by atoms with Crippen molar-refractivity contribution in [1.82, 2.24) is 0 Å². The largest absolute Gasteiger partial charge is 0.508 e. The lowest BCUT2D eigenvalue weighted by Gasteiger charge is -2.30. The Morgan fingerprint density at radius 3 is 2.59 bits per heavy atom. The maximum absolute atomic E-state index is 14.2. The number of nitrogens with two attached hydrogens (primary N) is 1. The van der Waals surface area contributed by atoms with Gasteiger partial charge in [0.25, 0.3) is 0 Å². The Kier molecular flexibility index (Phi) is 16.8. The number of nitrogens with zero attached hydrogens (tertiary/aromatic N) is 1. The van der Waals surface area contributed by atoms with Gasteiger partial charge in [0.2, 0.25) is 0 Å². The van der Waals surface area contributed by atoms with Crippen molar-refractivity contribution in [2.45, 2.75) is 108 Å². The predicted molar refractivity (Wildman–Crippen MR) is 295 cm³/mol. The van der Waals surface area contributed by atoms with Crippen LogP contribution in [0.2, 0.25) is 0 Å². The summed E-state index contributed by atoms with van der Waals surface area (Å²) in [7, 11) is 3.22. The molecule has 6 aliphatic rings. The highest BCUT2D eigenvalue weighted by Gasteiger charge is 2.34. The van der Waals surface area contributed by atoms with E-state index in [0.29, 0.717) is 72.0 Å². The van der Waals surface area contributed by atoms with Crippen LogP contribution < -0.4 is 20.5 Å². The van der Waals surface area contributed by atoms with E-state index in [-0.39, 0.29) is 60.1 Å². The number of aliphatic imine (C=N–C) groups is 1. The number of aliphatic hydroxyl groups excluding tert-OH is 2. The van der Waals surface area contributed by atoms with Crippen LogP contribution in [0.15, 0.2) is 126 Å². The summed E-state index contributed by atoms with van der Waals surface area (Å²) in [6.45, 7) is 5.14. The summed E-state index contributed by atoms with van der Waals surface area (Å²) in [4.78, 5) is 18.3. The first-order valence-corrected chi connectivity index (χ1v) is 26.3. The number of ether oxygens (including phenoxy) is 4. The van der Waals surface area contributed by atoms with Crippen molar-refractivity contribution in [2.24, 2.45) is 22.6 Å². The third-order valence-electron chi connectivity index (χ3n) is 15.2. The number of unbranched alkanes of at least 4 members (excludes halogenated alkanes) is 1. The van der Waals surface area contributed by atoms with E-state index in [2.05, 4.69) is 65.7 Å². The molecule has 6 atom stereocenters. The van der Waals surface area contributed by atoms with E-state index in [1.807, 2.05) is 79.8 Å². The molecule has 12 heteroatoms. The summed E-state index contributed by atoms with van der Waals surface area (Å²) in [6.07, 6.45) is 18.1. The number of phenols is 1. The molecule has 10 bridgehead atoms. The highest BCUT2D eigenvalue weighted by molar-refractivity contribution is 6.01. The molecule has 0 unspecified atom stereocenters. The highest BCUT2D eigenvalue weighted by Crippen LogP contribution is 2.49. The SMILES string of the molecule is CCOCCc1cccc([C@@H]2/C=C/C3=C[C@@H](CCCCc4cccc(NC(N)=NC)c4)[C@H](C=C3O)C[C@H]3CC(=O)CCc4ccc(OC)c(c4)OCc4c(C(O)O)cc5c(c(O)cc6c5c4C=C[C@H]6C)[C@@H]2C#CO3)c1. The van der Waals surface area contributed by atoms with Gasteiger partial charge >= 0.3 is 0 Å². The Labute approximate surface area is 440 Å². The van der Waals surface area contributed by atoms with Gasteiger partial charge in [0.1, 0.15) is 36.1 Å². The third-order valence-corrected chi connectivity index (χ3v) is 15.2. The molecule has 5 aromatic carbocycles. The fourth-order valence-corrected chi connectivity index (χ4v) is 11.3. The molecule has 4 heterocycles. The molecule has 0 amide bonds. The van der Waals surface area contributed by atoms with E-state index in [1.54, 1.807) is 20.2 Å². The zero-order chi connectivity index (χ0) is 52.6. The zero-order valence-electron chi connectivity index (χ0n) is 43.4. The van der Waals surface area contributed by atoms with Gasteiger partial charge in [-0.2, -0.15) is 0 Å². The molecule has 0 fully saturated rings. The Balaban J connectivity index is 1.20. The lowest BCUT2D eigenvalue weighted by molar-refractivity contribution is -0.121. The van der Waals surface area contributed by atoms with E-state index in [9.17, 15) is 25.2 Å². The number of allylic oxidation sites excluding steroid dienone is 5. The predicted octanol–water partition coefficient (Wildman–Crippen LogP) is 11.3. The maximum Gasteiger partial charge on any atom is 0.192 e. The maximum atomic E-state index is 14.2. The number of aryl methyl sites for hydroxylation is 2. The molecule has 5 aromatic rings. The van der Waals surface area contributed by atoms with Crippen LogP contribution in [0.5, 0.6) is 17.2 Å². The third kappa shape index (κ3) is 12.1. The number of benzene rings is 5. The number of carbonyl (C=O) groups excluding carboxylic acids is 1. The summed E-state index contributed by atoms with van der Waals surface area (Å²) >= 11 is 0. The molecule has 0 spiro atoms. The van der Waals surface area contributed by atoms with Gasteiger partial charge in [-0.05, 0) is 144 Å². The van der Waals surface area contributed by atoms with Gasteiger partial charge < -0.3 is 50.4 Å². The average Bonchev–Trinajstić information content (AvgIpc) is 3.43. The fourth-order valence-electron chi connectivity index (χ4n) is 11.3. The van der Waals surface area contributed by atoms with Crippen LogP contribution in [0.3, 0.4) is 0 Å². The number of rotatable bonds is 13. The van der Waals surface area contributed by atoms with Crippen molar-refractivity contribution in [2.75, 3.05) is 32.7 Å². The van der Waals surface area contributed by atoms with E-state index in [4.69, 9.17) is 24.7 Å². The molecule has 11 rings (SSSR count). The second kappa shape index (κ2) is 23.9. The molecule has 12 nitrogen and oxygen atoms in total.